The summed E-state index contributed by atoms with van der Waals surface area (Å²) in [5, 5.41) is 0. The number of amides is 1. The van der Waals surface area contributed by atoms with Crippen LogP contribution in [0.3, 0.4) is 0 Å². The largest absolute Gasteiger partial charge is 0.450 e. The molecular weight excluding hydrogens is 306 g/mol. The summed E-state index contributed by atoms with van der Waals surface area (Å²) >= 11 is 0. The Kier molecular flexibility index (Phi) is 4.88. The number of aryl methyl sites for hydroxylation is 1. The average Bonchev–Trinajstić information content (AvgIpc) is 2.62. The highest BCUT2D eigenvalue weighted by molar-refractivity contribution is 5.68. The Morgan fingerprint density at radius 1 is 1.25 bits per heavy atom. The Morgan fingerprint density at radius 2 is 2.04 bits per heavy atom. The summed E-state index contributed by atoms with van der Waals surface area (Å²) in [4.78, 5) is 28.9. The summed E-state index contributed by atoms with van der Waals surface area (Å²) in [5.74, 6) is 1.60. The Morgan fingerprint density at radius 3 is 2.71 bits per heavy atom. The molecule has 0 bridgehead atoms. The molecule has 1 saturated heterocycles. The lowest BCUT2D eigenvalue weighted by Gasteiger charge is -2.34. The number of nitrogens with zero attached hydrogens (tertiary/aromatic N) is 5. The van der Waals surface area contributed by atoms with Crippen molar-refractivity contribution in [1.82, 2.24) is 19.9 Å². The van der Waals surface area contributed by atoms with Crippen LogP contribution in [0.25, 0.3) is 11.3 Å². The van der Waals surface area contributed by atoms with Crippen LogP contribution in [0.2, 0.25) is 0 Å². The molecule has 0 radical (unpaired) electrons. The first-order chi connectivity index (χ1) is 11.7. The number of hydrogen-bond acceptors (Lipinski definition) is 6. The van der Waals surface area contributed by atoms with Crippen LogP contribution in [0.4, 0.5) is 10.6 Å². The predicted molar refractivity (Wildman–Crippen MR) is 90.8 cm³/mol. The zero-order valence-corrected chi connectivity index (χ0v) is 14.0. The van der Waals surface area contributed by atoms with E-state index in [1.165, 1.54) is 0 Å². The first-order valence-corrected chi connectivity index (χ1v) is 8.10. The maximum Gasteiger partial charge on any atom is 0.409 e. The van der Waals surface area contributed by atoms with Gasteiger partial charge in [0.05, 0.1) is 12.3 Å². The molecule has 1 aliphatic heterocycles. The SMILES string of the molecule is CCOC(=O)N1CCN(c2cc(-c3cccnc3)nc(C)n2)CC1. The fourth-order valence-corrected chi connectivity index (χ4v) is 2.71. The van der Waals surface area contributed by atoms with Gasteiger partial charge < -0.3 is 14.5 Å². The van der Waals surface area contributed by atoms with Crippen molar-refractivity contribution in [2.75, 3.05) is 37.7 Å². The van der Waals surface area contributed by atoms with Crippen LogP contribution in [-0.2, 0) is 4.74 Å². The third-order valence-electron chi connectivity index (χ3n) is 3.91. The molecule has 3 heterocycles. The summed E-state index contributed by atoms with van der Waals surface area (Å²) in [6.45, 7) is 6.81. The van der Waals surface area contributed by atoms with Gasteiger partial charge in [0.25, 0.3) is 0 Å². The lowest BCUT2D eigenvalue weighted by Crippen LogP contribution is -2.49. The van der Waals surface area contributed by atoms with Crippen LogP contribution in [0.1, 0.15) is 12.7 Å². The van der Waals surface area contributed by atoms with Gasteiger partial charge in [0.1, 0.15) is 11.6 Å². The first-order valence-electron chi connectivity index (χ1n) is 8.10. The fourth-order valence-electron chi connectivity index (χ4n) is 2.71. The van der Waals surface area contributed by atoms with E-state index in [1.54, 1.807) is 17.3 Å². The number of piperazine rings is 1. The number of hydrogen-bond donors (Lipinski definition) is 0. The molecular formula is C17H21N5O2. The standard InChI is InChI=1S/C17H21N5O2/c1-3-24-17(23)22-9-7-21(8-10-22)16-11-15(19-13(2)20-16)14-5-4-6-18-12-14/h4-6,11-12H,3,7-10H2,1-2H3. The lowest BCUT2D eigenvalue weighted by molar-refractivity contribution is 0.105. The minimum Gasteiger partial charge on any atom is -0.450 e. The van der Waals surface area contributed by atoms with Crippen molar-refractivity contribution < 1.29 is 9.53 Å². The van der Waals surface area contributed by atoms with Gasteiger partial charge in [0.15, 0.2) is 0 Å². The van der Waals surface area contributed by atoms with E-state index in [9.17, 15) is 4.79 Å². The van der Waals surface area contributed by atoms with Gasteiger partial charge in [-0.2, -0.15) is 0 Å². The number of carbonyl (C=O) groups is 1. The molecule has 0 saturated carbocycles. The summed E-state index contributed by atoms with van der Waals surface area (Å²) in [5.41, 5.74) is 1.83. The van der Waals surface area contributed by atoms with Crippen LogP contribution < -0.4 is 4.90 Å². The van der Waals surface area contributed by atoms with Crippen molar-refractivity contribution in [3.63, 3.8) is 0 Å². The average molecular weight is 327 g/mol. The smallest absolute Gasteiger partial charge is 0.409 e. The third kappa shape index (κ3) is 3.61. The highest BCUT2D eigenvalue weighted by atomic mass is 16.6. The quantitative estimate of drug-likeness (QED) is 0.860. The molecule has 7 nitrogen and oxygen atoms in total. The van der Waals surface area contributed by atoms with Gasteiger partial charge in [0.2, 0.25) is 0 Å². The van der Waals surface area contributed by atoms with Gasteiger partial charge in [-0.25, -0.2) is 14.8 Å². The van der Waals surface area contributed by atoms with E-state index < -0.39 is 0 Å². The molecule has 126 valence electrons. The first kappa shape index (κ1) is 16.2. The summed E-state index contributed by atoms with van der Waals surface area (Å²) in [6, 6.07) is 5.85. The van der Waals surface area contributed by atoms with E-state index in [-0.39, 0.29) is 6.09 Å². The van der Waals surface area contributed by atoms with Crippen molar-refractivity contribution in [2.45, 2.75) is 13.8 Å². The van der Waals surface area contributed by atoms with Crippen LogP contribution in [0.15, 0.2) is 30.6 Å². The van der Waals surface area contributed by atoms with Crippen molar-refractivity contribution in [3.8, 4) is 11.3 Å². The second-order valence-corrected chi connectivity index (χ2v) is 5.57. The van der Waals surface area contributed by atoms with Crippen molar-refractivity contribution in [3.05, 3.63) is 36.4 Å². The second-order valence-electron chi connectivity index (χ2n) is 5.57. The van der Waals surface area contributed by atoms with E-state index in [0.717, 1.165) is 36.0 Å². The molecule has 24 heavy (non-hydrogen) atoms. The highest BCUT2D eigenvalue weighted by Gasteiger charge is 2.23. The van der Waals surface area contributed by atoms with Gasteiger partial charge in [0, 0.05) is 50.2 Å². The number of rotatable bonds is 3. The van der Waals surface area contributed by atoms with E-state index in [4.69, 9.17) is 4.74 Å². The van der Waals surface area contributed by atoms with Crippen LogP contribution >= 0.6 is 0 Å². The number of pyridine rings is 1. The molecule has 0 aliphatic carbocycles. The van der Waals surface area contributed by atoms with Crippen LogP contribution in [0.5, 0.6) is 0 Å². The van der Waals surface area contributed by atoms with Gasteiger partial charge >= 0.3 is 6.09 Å². The molecule has 2 aromatic heterocycles. The summed E-state index contributed by atoms with van der Waals surface area (Å²) in [7, 11) is 0. The van der Waals surface area contributed by atoms with Crippen molar-refractivity contribution in [2.24, 2.45) is 0 Å². The van der Waals surface area contributed by atoms with Gasteiger partial charge in [-0.1, -0.05) is 0 Å². The van der Waals surface area contributed by atoms with Crippen LogP contribution in [-0.4, -0.2) is 58.7 Å². The second kappa shape index (κ2) is 7.25. The Hall–Kier alpha value is -2.70. The topological polar surface area (TPSA) is 71.5 Å². The number of ether oxygens (including phenoxy) is 1. The number of carbonyl (C=O) groups excluding carboxylic acids is 1. The molecule has 0 N–H and O–H groups in total. The van der Waals surface area contributed by atoms with Gasteiger partial charge in [-0.05, 0) is 26.0 Å². The number of aromatic nitrogens is 3. The van der Waals surface area contributed by atoms with Crippen LogP contribution in [0, 0.1) is 6.92 Å². The molecule has 0 spiro atoms. The molecule has 2 aromatic rings. The minimum atomic E-state index is -0.243. The molecule has 0 aromatic carbocycles. The zero-order valence-electron chi connectivity index (χ0n) is 14.0. The molecule has 1 aliphatic rings. The van der Waals surface area contributed by atoms with E-state index in [0.29, 0.717) is 19.7 Å². The minimum absolute atomic E-state index is 0.243. The molecule has 0 unspecified atom stereocenters. The predicted octanol–water partition coefficient (Wildman–Crippen LogP) is 2.13. The molecule has 1 amide bonds. The maximum absolute atomic E-state index is 11.8. The summed E-state index contributed by atoms with van der Waals surface area (Å²) < 4.78 is 5.05. The maximum atomic E-state index is 11.8. The van der Waals surface area contributed by atoms with E-state index in [2.05, 4.69) is 19.9 Å². The molecule has 7 heteroatoms. The Balaban J connectivity index is 1.74. The fraction of sp³-hybridized carbons (Fsp3) is 0.412. The molecule has 1 fully saturated rings. The third-order valence-corrected chi connectivity index (χ3v) is 3.91. The number of anilines is 1. The van der Waals surface area contributed by atoms with E-state index >= 15 is 0 Å². The van der Waals surface area contributed by atoms with Gasteiger partial charge in [-0.3, -0.25) is 4.98 Å². The van der Waals surface area contributed by atoms with E-state index in [1.807, 2.05) is 32.0 Å². The molecule has 0 atom stereocenters. The van der Waals surface area contributed by atoms with Crippen molar-refractivity contribution in [1.29, 1.82) is 0 Å². The zero-order chi connectivity index (χ0) is 16.9. The Labute approximate surface area is 141 Å². The monoisotopic (exact) mass is 327 g/mol. The molecule has 3 rings (SSSR count). The van der Waals surface area contributed by atoms with Crippen molar-refractivity contribution >= 4 is 11.9 Å². The normalized spacial score (nSPS) is 14.6. The Bertz CT molecular complexity index is 699. The highest BCUT2D eigenvalue weighted by Crippen LogP contribution is 2.22. The summed E-state index contributed by atoms with van der Waals surface area (Å²) in [6.07, 6.45) is 3.30. The lowest BCUT2D eigenvalue weighted by atomic mass is 10.2. The van der Waals surface area contributed by atoms with Gasteiger partial charge in [-0.15, -0.1) is 0 Å².